The Hall–Kier alpha value is -4.62. The van der Waals surface area contributed by atoms with Crippen LogP contribution in [-0.4, -0.2) is 15.0 Å². The highest BCUT2D eigenvalue weighted by Crippen LogP contribution is 2.58. The van der Waals surface area contributed by atoms with Crippen molar-refractivity contribution >= 4 is 0 Å². The summed E-state index contributed by atoms with van der Waals surface area (Å²) in [6.07, 6.45) is 13.2. The molecule has 5 aromatic rings. The van der Waals surface area contributed by atoms with Crippen LogP contribution in [-0.2, 0) is 10.8 Å². The van der Waals surface area contributed by atoms with Crippen molar-refractivity contribution in [3.8, 4) is 51.4 Å². The first-order chi connectivity index (χ1) is 26.2. The number of fused-ring (bicyclic) bond motifs is 4. The summed E-state index contributed by atoms with van der Waals surface area (Å²) in [6.45, 7) is 10.0. The molecule has 4 aliphatic carbocycles. The number of benzene rings is 4. The average Bonchev–Trinajstić information content (AvgIpc) is 3.17. The van der Waals surface area contributed by atoms with Gasteiger partial charge in [0, 0.05) is 16.7 Å². The van der Waals surface area contributed by atoms with E-state index in [4.69, 9.17) is 15.0 Å². The highest BCUT2D eigenvalue weighted by Gasteiger charge is 2.49. The first-order valence-corrected chi connectivity index (χ1v) is 20.8. The zero-order chi connectivity index (χ0) is 37.0. The minimum Gasteiger partial charge on any atom is -0.208 e. The van der Waals surface area contributed by atoms with E-state index >= 15 is 0 Å². The van der Waals surface area contributed by atoms with E-state index in [2.05, 4.69) is 107 Å². The van der Waals surface area contributed by atoms with E-state index in [1.807, 2.05) is 24.3 Å². The number of hydrogen-bond donors (Lipinski definition) is 0. The van der Waals surface area contributed by atoms with Gasteiger partial charge in [0.2, 0.25) is 0 Å². The number of nitrogens with zero attached hydrogens (tertiary/aromatic N) is 4. The molecule has 0 aliphatic heterocycles. The van der Waals surface area contributed by atoms with Crippen molar-refractivity contribution < 1.29 is 0 Å². The predicted molar refractivity (Wildman–Crippen MR) is 219 cm³/mol. The van der Waals surface area contributed by atoms with Gasteiger partial charge in [-0.3, -0.25) is 0 Å². The molecule has 0 amide bonds. The van der Waals surface area contributed by atoms with Crippen LogP contribution in [0.15, 0.2) is 97.1 Å². The maximum atomic E-state index is 9.29. The second-order valence-electron chi connectivity index (χ2n) is 18.6. The highest BCUT2D eigenvalue weighted by molar-refractivity contribution is 5.72. The summed E-state index contributed by atoms with van der Waals surface area (Å²) < 4.78 is 0. The fraction of sp³-hybridized carbons (Fsp3) is 0.440. The molecule has 1 heterocycles. The smallest absolute Gasteiger partial charge is 0.164 e. The summed E-state index contributed by atoms with van der Waals surface area (Å²) in [5.41, 5.74) is 9.52. The van der Waals surface area contributed by atoms with Gasteiger partial charge in [-0.1, -0.05) is 113 Å². The van der Waals surface area contributed by atoms with Gasteiger partial charge in [-0.15, -0.1) is 0 Å². The van der Waals surface area contributed by atoms with E-state index in [-0.39, 0.29) is 10.8 Å². The predicted octanol–water partition coefficient (Wildman–Crippen LogP) is 12.6. The van der Waals surface area contributed by atoms with Crippen LogP contribution in [0.1, 0.15) is 109 Å². The first-order valence-electron chi connectivity index (χ1n) is 20.8. The average molecular weight is 711 g/mol. The molecule has 4 aromatic carbocycles. The summed E-state index contributed by atoms with van der Waals surface area (Å²) in [5, 5.41) is 9.29. The Kier molecular flexibility index (Phi) is 9.04. The molecule has 4 unspecified atom stereocenters. The van der Waals surface area contributed by atoms with E-state index < -0.39 is 0 Å². The Morgan fingerprint density at radius 1 is 0.500 bits per heavy atom. The third-order valence-electron chi connectivity index (χ3n) is 13.9. The van der Waals surface area contributed by atoms with Gasteiger partial charge >= 0.3 is 0 Å². The van der Waals surface area contributed by atoms with Crippen molar-refractivity contribution in [2.45, 2.75) is 103 Å². The van der Waals surface area contributed by atoms with E-state index in [0.717, 1.165) is 57.6 Å². The molecule has 0 spiro atoms. The Labute approximate surface area is 322 Å². The van der Waals surface area contributed by atoms with E-state index in [1.54, 1.807) is 5.56 Å². The van der Waals surface area contributed by atoms with Gasteiger partial charge in [-0.2, -0.15) is 5.26 Å². The topological polar surface area (TPSA) is 62.5 Å². The summed E-state index contributed by atoms with van der Waals surface area (Å²) in [7, 11) is 0. The number of aromatic nitrogens is 3. The van der Waals surface area contributed by atoms with Crippen LogP contribution in [0.3, 0.4) is 0 Å². The normalized spacial score (nSPS) is 30.4. The number of rotatable bonds is 6. The lowest BCUT2D eigenvalue weighted by atomic mass is 9.52. The van der Waals surface area contributed by atoms with Crippen LogP contribution in [0.4, 0.5) is 0 Å². The molecule has 4 aliphatic rings. The zero-order valence-electron chi connectivity index (χ0n) is 32.6. The van der Waals surface area contributed by atoms with Crippen LogP contribution < -0.4 is 0 Å². The van der Waals surface area contributed by atoms with Crippen LogP contribution in [0, 0.1) is 46.8 Å². The molecule has 0 radical (unpaired) electrons. The summed E-state index contributed by atoms with van der Waals surface area (Å²) in [5.74, 6) is 6.81. The van der Waals surface area contributed by atoms with Gasteiger partial charge in [0.1, 0.15) is 0 Å². The minimum absolute atomic E-state index is 0.129. The molecule has 274 valence electrons. The van der Waals surface area contributed by atoms with E-state index in [9.17, 15) is 5.26 Å². The maximum Gasteiger partial charge on any atom is 0.164 e. The van der Waals surface area contributed by atoms with Crippen LogP contribution >= 0.6 is 0 Å². The van der Waals surface area contributed by atoms with Crippen molar-refractivity contribution in [3.05, 3.63) is 114 Å². The lowest BCUT2D eigenvalue weighted by Gasteiger charge is -2.53. The lowest BCUT2D eigenvalue weighted by Crippen LogP contribution is -2.44. The minimum atomic E-state index is 0.129. The number of hydrogen-bond acceptors (Lipinski definition) is 4. The largest absolute Gasteiger partial charge is 0.208 e. The quantitative estimate of drug-likeness (QED) is 0.176. The van der Waals surface area contributed by atoms with Gasteiger partial charge < -0.3 is 0 Å². The summed E-state index contributed by atoms with van der Waals surface area (Å²) in [4.78, 5) is 15.9. The van der Waals surface area contributed by atoms with Gasteiger partial charge in [0.15, 0.2) is 17.5 Å². The molecule has 4 fully saturated rings. The molecular weight excluding hydrogens is 657 g/mol. The van der Waals surface area contributed by atoms with Crippen molar-refractivity contribution in [2.24, 2.45) is 35.5 Å². The summed E-state index contributed by atoms with van der Waals surface area (Å²) in [6, 6.07) is 36.6. The Morgan fingerprint density at radius 2 is 0.963 bits per heavy atom. The van der Waals surface area contributed by atoms with E-state index in [1.165, 1.54) is 75.3 Å². The van der Waals surface area contributed by atoms with Gasteiger partial charge in [-0.05, 0) is 145 Å². The molecule has 4 nitrogen and oxygen atoms in total. The molecule has 4 heteroatoms. The molecule has 4 saturated carbocycles. The fourth-order valence-corrected chi connectivity index (χ4v) is 12.5. The molecular formula is C50H54N4. The van der Waals surface area contributed by atoms with Crippen molar-refractivity contribution in [1.82, 2.24) is 15.0 Å². The standard InChI is InChI=1S/C50H54N4/c1-32-20-37-21-33(2)26-49(25-32,29-37)43-18-19-44(45(24-43)50-27-34(3)22-38(30-50)23-35(4)28-50)48-53-46(41-8-6-5-7-9-41)52-47(54-48)42-16-14-40(15-17-42)39-12-10-36(31-51)11-13-39/h5-19,24,32-35,37-38H,20-23,25-30H2,1-4H3/t32-,33+,34-,35+,37?,38?,49?,50?. The molecule has 0 saturated heterocycles. The molecule has 54 heavy (non-hydrogen) atoms. The summed E-state index contributed by atoms with van der Waals surface area (Å²) >= 11 is 0. The van der Waals surface area contributed by atoms with Crippen LogP contribution in [0.25, 0.3) is 45.3 Å². The fourth-order valence-electron chi connectivity index (χ4n) is 12.5. The van der Waals surface area contributed by atoms with Gasteiger partial charge in [-0.25, -0.2) is 15.0 Å². The molecule has 9 rings (SSSR count). The molecule has 4 bridgehead atoms. The molecule has 0 N–H and O–H groups in total. The highest BCUT2D eigenvalue weighted by atomic mass is 15.0. The lowest BCUT2D eigenvalue weighted by molar-refractivity contribution is 0.0739. The zero-order valence-corrected chi connectivity index (χ0v) is 32.6. The van der Waals surface area contributed by atoms with Crippen LogP contribution in [0.2, 0.25) is 0 Å². The van der Waals surface area contributed by atoms with Crippen molar-refractivity contribution in [2.75, 3.05) is 0 Å². The third kappa shape index (κ3) is 6.59. The molecule has 8 atom stereocenters. The number of nitriles is 1. The van der Waals surface area contributed by atoms with Gasteiger partial charge in [0.25, 0.3) is 0 Å². The van der Waals surface area contributed by atoms with Crippen molar-refractivity contribution in [3.63, 3.8) is 0 Å². The Balaban J connectivity index is 1.21. The van der Waals surface area contributed by atoms with Crippen LogP contribution in [0.5, 0.6) is 0 Å². The van der Waals surface area contributed by atoms with Crippen molar-refractivity contribution in [1.29, 1.82) is 5.26 Å². The second kappa shape index (κ2) is 13.9. The Bertz CT molecular complexity index is 2140. The third-order valence-corrected chi connectivity index (χ3v) is 13.9. The first kappa shape index (κ1) is 35.1. The Morgan fingerprint density at radius 3 is 1.52 bits per heavy atom. The SMILES string of the molecule is C[C@@H]1CC2C[C@H](C)CC(c3ccc(-c4nc(-c5ccccc5)nc(-c5ccc(-c6ccc(C#N)cc6)cc5)n4)c(C45CC(C[C@@H](C)C4)C[C@H](C)C5)c3)(C2)C1. The van der Waals surface area contributed by atoms with E-state index in [0.29, 0.717) is 23.2 Å². The maximum absolute atomic E-state index is 9.29. The second-order valence-corrected chi connectivity index (χ2v) is 18.6. The monoisotopic (exact) mass is 710 g/mol. The molecule has 1 aromatic heterocycles. The van der Waals surface area contributed by atoms with Gasteiger partial charge in [0.05, 0.1) is 11.6 Å².